The summed E-state index contributed by atoms with van der Waals surface area (Å²) in [5.74, 6) is -0.421. The third-order valence-electron chi connectivity index (χ3n) is 2.43. The highest BCUT2D eigenvalue weighted by molar-refractivity contribution is 7.07. The van der Waals surface area contributed by atoms with Crippen molar-refractivity contribution < 1.29 is 4.79 Å². The lowest BCUT2D eigenvalue weighted by Crippen LogP contribution is -2.12. The molecule has 1 heterocycles. The third kappa shape index (κ3) is 2.82. The van der Waals surface area contributed by atoms with Gasteiger partial charge in [-0.15, -0.1) is 11.3 Å². The van der Waals surface area contributed by atoms with Gasteiger partial charge < -0.3 is 11.1 Å². The summed E-state index contributed by atoms with van der Waals surface area (Å²) in [5, 5.41) is 5.27. The minimum Gasteiger partial charge on any atom is -0.377 e. The topological polar surface area (TPSA) is 68.0 Å². The van der Waals surface area contributed by atoms with Crippen LogP contribution in [0.2, 0.25) is 0 Å². The van der Waals surface area contributed by atoms with Crippen LogP contribution in [0, 0.1) is 0 Å². The van der Waals surface area contributed by atoms with Gasteiger partial charge in [-0.25, -0.2) is 4.98 Å². The molecule has 0 fully saturated rings. The first-order chi connectivity index (χ1) is 8.16. The summed E-state index contributed by atoms with van der Waals surface area (Å²) in [6, 6.07) is 7.24. The smallest absolute Gasteiger partial charge is 0.248 e. The molecule has 4 nitrogen and oxygen atoms in total. The Labute approximate surface area is 103 Å². The maximum atomic E-state index is 11.1. The number of primary amides is 1. The minimum atomic E-state index is -0.421. The number of hydrogen-bond donors (Lipinski definition) is 2. The van der Waals surface area contributed by atoms with E-state index in [4.69, 9.17) is 5.73 Å². The number of nitrogens with two attached hydrogens (primary N) is 1. The number of rotatable bonds is 4. The molecule has 2 aromatic rings. The second-order valence-corrected chi connectivity index (χ2v) is 4.44. The molecule has 5 heteroatoms. The molecule has 1 aromatic heterocycles. The van der Waals surface area contributed by atoms with Crippen LogP contribution in [0.25, 0.3) is 0 Å². The molecular formula is C12H13N3OS. The average Bonchev–Trinajstić information content (AvgIpc) is 2.82. The van der Waals surface area contributed by atoms with E-state index in [0.717, 1.165) is 11.4 Å². The fourth-order valence-corrected chi connectivity index (χ4v) is 2.17. The van der Waals surface area contributed by atoms with Crippen molar-refractivity contribution in [3.63, 3.8) is 0 Å². The monoisotopic (exact) mass is 247 g/mol. The van der Waals surface area contributed by atoms with E-state index < -0.39 is 5.91 Å². The summed E-state index contributed by atoms with van der Waals surface area (Å²) in [6.45, 7) is 2.02. The van der Waals surface area contributed by atoms with Gasteiger partial charge in [0.15, 0.2) is 0 Å². The zero-order chi connectivity index (χ0) is 12.3. The van der Waals surface area contributed by atoms with E-state index in [2.05, 4.69) is 10.3 Å². The fraction of sp³-hybridized carbons (Fsp3) is 0.167. The molecule has 0 saturated heterocycles. The molecule has 0 aliphatic rings. The first-order valence-corrected chi connectivity index (χ1v) is 6.15. The summed E-state index contributed by atoms with van der Waals surface area (Å²) in [5.41, 5.74) is 9.38. The number of benzene rings is 1. The third-order valence-corrected chi connectivity index (χ3v) is 3.03. The molecule has 1 unspecified atom stereocenters. The van der Waals surface area contributed by atoms with Crippen LogP contribution in [0.3, 0.4) is 0 Å². The van der Waals surface area contributed by atoms with E-state index in [0.29, 0.717) is 5.56 Å². The number of nitrogens with zero attached hydrogens (tertiary/aromatic N) is 1. The Hall–Kier alpha value is -1.88. The Morgan fingerprint density at radius 3 is 3.00 bits per heavy atom. The number of anilines is 1. The van der Waals surface area contributed by atoms with E-state index in [9.17, 15) is 4.79 Å². The van der Waals surface area contributed by atoms with E-state index in [1.807, 2.05) is 18.4 Å². The van der Waals surface area contributed by atoms with Gasteiger partial charge >= 0.3 is 0 Å². The number of thiazole rings is 1. The van der Waals surface area contributed by atoms with Crippen molar-refractivity contribution in [3.8, 4) is 0 Å². The van der Waals surface area contributed by atoms with Crippen LogP contribution in [-0.2, 0) is 0 Å². The van der Waals surface area contributed by atoms with E-state index in [-0.39, 0.29) is 6.04 Å². The van der Waals surface area contributed by atoms with Gasteiger partial charge in [0, 0.05) is 16.6 Å². The van der Waals surface area contributed by atoms with Crippen molar-refractivity contribution in [1.82, 2.24) is 4.98 Å². The van der Waals surface area contributed by atoms with Crippen LogP contribution in [-0.4, -0.2) is 10.9 Å². The van der Waals surface area contributed by atoms with Crippen LogP contribution in [0.5, 0.6) is 0 Å². The summed E-state index contributed by atoms with van der Waals surface area (Å²) in [7, 11) is 0. The predicted octanol–water partition coefficient (Wildman–Crippen LogP) is 2.42. The van der Waals surface area contributed by atoms with Gasteiger partial charge in [-0.3, -0.25) is 4.79 Å². The molecule has 3 N–H and O–H groups in total. The van der Waals surface area contributed by atoms with Gasteiger partial charge in [0.1, 0.15) is 0 Å². The van der Waals surface area contributed by atoms with Crippen molar-refractivity contribution >= 4 is 22.9 Å². The van der Waals surface area contributed by atoms with E-state index in [1.165, 1.54) is 0 Å². The normalized spacial score (nSPS) is 12.1. The zero-order valence-corrected chi connectivity index (χ0v) is 10.2. The Kier molecular flexibility index (Phi) is 3.39. The zero-order valence-electron chi connectivity index (χ0n) is 9.38. The molecule has 17 heavy (non-hydrogen) atoms. The van der Waals surface area contributed by atoms with Gasteiger partial charge in [-0.1, -0.05) is 6.07 Å². The quantitative estimate of drug-likeness (QED) is 0.871. The molecule has 0 aliphatic heterocycles. The summed E-state index contributed by atoms with van der Waals surface area (Å²) in [4.78, 5) is 15.3. The SMILES string of the molecule is CC(Nc1cccc(C(N)=O)c1)c1cscn1. The predicted molar refractivity (Wildman–Crippen MR) is 69.1 cm³/mol. The molecule has 1 amide bonds. The lowest BCUT2D eigenvalue weighted by Gasteiger charge is -2.13. The van der Waals surface area contributed by atoms with E-state index in [1.54, 1.807) is 35.0 Å². The number of hydrogen-bond acceptors (Lipinski definition) is 4. The van der Waals surface area contributed by atoms with Crippen LogP contribution >= 0.6 is 11.3 Å². The fourth-order valence-electron chi connectivity index (χ4n) is 1.52. The van der Waals surface area contributed by atoms with E-state index >= 15 is 0 Å². The van der Waals surface area contributed by atoms with Crippen LogP contribution < -0.4 is 11.1 Å². The summed E-state index contributed by atoms with van der Waals surface area (Å²) < 4.78 is 0. The molecular weight excluding hydrogens is 234 g/mol. The number of carbonyl (C=O) groups is 1. The molecule has 0 saturated carbocycles. The molecule has 0 radical (unpaired) electrons. The Bertz CT molecular complexity index is 510. The van der Waals surface area contributed by atoms with Crippen molar-refractivity contribution in [2.45, 2.75) is 13.0 Å². The van der Waals surface area contributed by atoms with Crippen LogP contribution in [0.4, 0.5) is 5.69 Å². The number of nitrogens with one attached hydrogen (secondary N) is 1. The van der Waals surface area contributed by atoms with Crippen LogP contribution in [0.1, 0.15) is 29.0 Å². The number of aromatic nitrogens is 1. The second kappa shape index (κ2) is 4.97. The maximum Gasteiger partial charge on any atom is 0.248 e. The molecule has 0 bridgehead atoms. The molecule has 2 rings (SSSR count). The van der Waals surface area contributed by atoms with Gasteiger partial charge in [0.25, 0.3) is 0 Å². The highest BCUT2D eigenvalue weighted by atomic mass is 32.1. The molecule has 1 aromatic carbocycles. The first-order valence-electron chi connectivity index (χ1n) is 5.21. The largest absolute Gasteiger partial charge is 0.377 e. The van der Waals surface area contributed by atoms with Gasteiger partial charge in [-0.05, 0) is 25.1 Å². The standard InChI is InChI=1S/C12H13N3OS/c1-8(11-6-17-7-14-11)15-10-4-2-3-9(5-10)12(13)16/h2-8,15H,1H3,(H2,13,16). The minimum absolute atomic E-state index is 0.101. The Balaban J connectivity index is 2.13. The van der Waals surface area contributed by atoms with Crippen molar-refractivity contribution in [1.29, 1.82) is 0 Å². The van der Waals surface area contributed by atoms with Gasteiger partial charge in [-0.2, -0.15) is 0 Å². The Morgan fingerprint density at radius 2 is 2.35 bits per heavy atom. The number of amides is 1. The number of carbonyl (C=O) groups excluding carboxylic acids is 1. The van der Waals surface area contributed by atoms with Gasteiger partial charge in [0.2, 0.25) is 5.91 Å². The highest BCUT2D eigenvalue weighted by Crippen LogP contribution is 2.19. The van der Waals surface area contributed by atoms with Crippen molar-refractivity contribution in [3.05, 3.63) is 46.4 Å². The second-order valence-electron chi connectivity index (χ2n) is 3.72. The van der Waals surface area contributed by atoms with Crippen LogP contribution in [0.15, 0.2) is 35.2 Å². The molecule has 0 aliphatic carbocycles. The van der Waals surface area contributed by atoms with Gasteiger partial charge in [0.05, 0.1) is 17.2 Å². The summed E-state index contributed by atoms with van der Waals surface area (Å²) in [6.07, 6.45) is 0. The highest BCUT2D eigenvalue weighted by Gasteiger charge is 2.08. The Morgan fingerprint density at radius 1 is 1.53 bits per heavy atom. The lowest BCUT2D eigenvalue weighted by atomic mass is 10.1. The maximum absolute atomic E-state index is 11.1. The summed E-state index contributed by atoms with van der Waals surface area (Å²) >= 11 is 1.56. The molecule has 88 valence electrons. The average molecular weight is 247 g/mol. The molecule has 0 spiro atoms. The lowest BCUT2D eigenvalue weighted by molar-refractivity contribution is 0.100. The molecule has 1 atom stereocenters. The first kappa shape index (κ1) is 11.6. The van der Waals surface area contributed by atoms with Crippen molar-refractivity contribution in [2.24, 2.45) is 5.73 Å². The van der Waals surface area contributed by atoms with Crippen molar-refractivity contribution in [2.75, 3.05) is 5.32 Å².